The van der Waals surface area contributed by atoms with Gasteiger partial charge in [-0.1, -0.05) is 29.3 Å². The summed E-state index contributed by atoms with van der Waals surface area (Å²) in [6.45, 7) is 4.95. The SMILES string of the molecule is O=C(CN1CCN(Cc2ccc3c(c2)OCO3)CC1)Nc1nc(-c2ccc(Cl)cc2Cl)cs1. The summed E-state index contributed by atoms with van der Waals surface area (Å²) < 4.78 is 10.8. The molecule has 0 spiro atoms. The van der Waals surface area contributed by atoms with Crippen LogP contribution in [-0.4, -0.2) is 60.2 Å². The Morgan fingerprint density at radius 2 is 1.82 bits per heavy atom. The van der Waals surface area contributed by atoms with Gasteiger partial charge in [-0.2, -0.15) is 0 Å². The fourth-order valence-corrected chi connectivity index (χ4v) is 5.15. The number of amides is 1. The minimum absolute atomic E-state index is 0.0673. The molecular weight excluding hydrogens is 483 g/mol. The van der Waals surface area contributed by atoms with Crippen LogP contribution in [0, 0.1) is 0 Å². The standard InChI is InChI=1S/C23H22Cl2N4O3S/c24-16-2-3-17(18(25)10-16)19-13-33-23(26-19)27-22(30)12-29-7-5-28(6-8-29)11-15-1-4-20-21(9-15)32-14-31-20/h1-4,9-10,13H,5-8,11-12,14H2,(H,26,27,30). The number of ether oxygens (including phenoxy) is 2. The lowest BCUT2D eigenvalue weighted by atomic mass is 10.1. The van der Waals surface area contributed by atoms with E-state index >= 15 is 0 Å². The molecule has 5 rings (SSSR count). The van der Waals surface area contributed by atoms with Gasteiger partial charge in [-0.25, -0.2) is 4.98 Å². The van der Waals surface area contributed by atoms with Gasteiger partial charge in [0.15, 0.2) is 16.6 Å². The van der Waals surface area contributed by atoms with Crippen LogP contribution in [0.3, 0.4) is 0 Å². The average Bonchev–Trinajstić information content (AvgIpc) is 3.44. The van der Waals surface area contributed by atoms with Gasteiger partial charge in [0.25, 0.3) is 0 Å². The van der Waals surface area contributed by atoms with Crippen molar-refractivity contribution in [1.29, 1.82) is 0 Å². The first kappa shape index (κ1) is 22.4. The number of piperazine rings is 1. The molecule has 10 heteroatoms. The molecule has 2 aliphatic rings. The van der Waals surface area contributed by atoms with Crippen LogP contribution in [-0.2, 0) is 11.3 Å². The van der Waals surface area contributed by atoms with Crippen LogP contribution in [0.4, 0.5) is 5.13 Å². The normalized spacial score (nSPS) is 16.2. The maximum Gasteiger partial charge on any atom is 0.240 e. The Morgan fingerprint density at radius 1 is 1.03 bits per heavy atom. The van der Waals surface area contributed by atoms with E-state index in [1.807, 2.05) is 23.6 Å². The minimum Gasteiger partial charge on any atom is -0.454 e. The van der Waals surface area contributed by atoms with Crippen LogP contribution in [0.5, 0.6) is 11.5 Å². The van der Waals surface area contributed by atoms with E-state index in [4.69, 9.17) is 32.7 Å². The first-order valence-electron chi connectivity index (χ1n) is 10.6. The molecular formula is C23H22Cl2N4O3S. The van der Waals surface area contributed by atoms with Gasteiger partial charge in [0, 0.05) is 48.7 Å². The van der Waals surface area contributed by atoms with Crippen LogP contribution in [0.15, 0.2) is 41.8 Å². The van der Waals surface area contributed by atoms with E-state index in [0.717, 1.165) is 49.8 Å². The summed E-state index contributed by atoms with van der Waals surface area (Å²) in [5.41, 5.74) is 2.70. The second-order valence-electron chi connectivity index (χ2n) is 7.95. The molecule has 2 aromatic carbocycles. The minimum atomic E-state index is -0.0673. The van der Waals surface area contributed by atoms with Crippen molar-refractivity contribution in [2.75, 3.05) is 44.8 Å². The molecule has 33 heavy (non-hydrogen) atoms. The summed E-state index contributed by atoms with van der Waals surface area (Å²) in [5.74, 6) is 1.55. The smallest absolute Gasteiger partial charge is 0.240 e. The molecule has 0 bridgehead atoms. The Morgan fingerprint density at radius 3 is 2.64 bits per heavy atom. The predicted octanol–water partition coefficient (Wildman–Crippen LogP) is 4.60. The highest BCUT2D eigenvalue weighted by molar-refractivity contribution is 7.14. The third-order valence-electron chi connectivity index (χ3n) is 5.63. The lowest BCUT2D eigenvalue weighted by Crippen LogP contribution is -2.48. The van der Waals surface area contributed by atoms with E-state index in [0.29, 0.717) is 27.4 Å². The number of halogens is 2. The van der Waals surface area contributed by atoms with Crippen LogP contribution in [0.2, 0.25) is 10.0 Å². The Bertz CT molecular complexity index is 1160. The highest BCUT2D eigenvalue weighted by Crippen LogP contribution is 2.33. The predicted molar refractivity (Wildman–Crippen MR) is 130 cm³/mol. The van der Waals surface area contributed by atoms with Gasteiger partial charge in [-0.15, -0.1) is 11.3 Å². The van der Waals surface area contributed by atoms with Crippen LogP contribution in [0.25, 0.3) is 11.3 Å². The van der Waals surface area contributed by atoms with Gasteiger partial charge in [-0.3, -0.25) is 14.6 Å². The monoisotopic (exact) mass is 504 g/mol. The van der Waals surface area contributed by atoms with E-state index < -0.39 is 0 Å². The van der Waals surface area contributed by atoms with Gasteiger partial charge in [-0.05, 0) is 35.9 Å². The number of nitrogens with zero attached hydrogens (tertiary/aromatic N) is 3. The van der Waals surface area contributed by atoms with Crippen molar-refractivity contribution >= 4 is 45.6 Å². The molecule has 0 aliphatic carbocycles. The summed E-state index contributed by atoms with van der Waals surface area (Å²) in [5, 5.41) is 6.44. The number of rotatable bonds is 6. The highest BCUT2D eigenvalue weighted by atomic mass is 35.5. The zero-order chi connectivity index (χ0) is 22.8. The summed E-state index contributed by atoms with van der Waals surface area (Å²) in [7, 11) is 0. The third kappa shape index (κ3) is 5.42. The fraction of sp³-hybridized carbons (Fsp3) is 0.304. The van der Waals surface area contributed by atoms with Crippen LogP contribution >= 0.6 is 34.5 Å². The van der Waals surface area contributed by atoms with Crippen molar-refractivity contribution in [3.05, 3.63) is 57.4 Å². The third-order valence-corrected chi connectivity index (χ3v) is 6.94. The molecule has 0 radical (unpaired) electrons. The highest BCUT2D eigenvalue weighted by Gasteiger charge is 2.21. The Kier molecular flexibility index (Phi) is 6.71. The van der Waals surface area contributed by atoms with Crippen molar-refractivity contribution in [3.8, 4) is 22.8 Å². The molecule has 1 saturated heterocycles. The second kappa shape index (κ2) is 9.87. The Balaban J connectivity index is 1.10. The number of anilines is 1. The summed E-state index contributed by atoms with van der Waals surface area (Å²) in [4.78, 5) is 21.6. The van der Waals surface area contributed by atoms with Gasteiger partial charge < -0.3 is 14.8 Å². The lowest BCUT2D eigenvalue weighted by Gasteiger charge is -2.34. The molecule has 172 valence electrons. The van der Waals surface area contributed by atoms with E-state index in [1.54, 1.807) is 12.1 Å². The van der Waals surface area contributed by atoms with Crippen molar-refractivity contribution in [1.82, 2.24) is 14.8 Å². The molecule has 1 amide bonds. The summed E-state index contributed by atoms with van der Waals surface area (Å²) >= 11 is 13.6. The summed E-state index contributed by atoms with van der Waals surface area (Å²) in [6.07, 6.45) is 0. The number of aromatic nitrogens is 1. The number of hydrogen-bond donors (Lipinski definition) is 1. The van der Waals surface area contributed by atoms with E-state index in [9.17, 15) is 4.79 Å². The molecule has 0 saturated carbocycles. The van der Waals surface area contributed by atoms with Crippen molar-refractivity contribution < 1.29 is 14.3 Å². The van der Waals surface area contributed by atoms with Crippen LogP contribution < -0.4 is 14.8 Å². The first-order chi connectivity index (χ1) is 16.0. The number of nitrogens with one attached hydrogen (secondary N) is 1. The number of hydrogen-bond acceptors (Lipinski definition) is 7. The number of thiazole rings is 1. The lowest BCUT2D eigenvalue weighted by molar-refractivity contribution is -0.117. The average molecular weight is 505 g/mol. The molecule has 3 heterocycles. The number of carbonyl (C=O) groups excluding carboxylic acids is 1. The molecule has 3 aromatic rings. The largest absolute Gasteiger partial charge is 0.454 e. The van der Waals surface area contributed by atoms with Gasteiger partial charge in [0.1, 0.15) is 0 Å². The molecule has 0 unspecified atom stereocenters. The summed E-state index contributed by atoms with van der Waals surface area (Å²) in [6, 6.07) is 11.4. The van der Waals surface area contributed by atoms with Crippen molar-refractivity contribution in [3.63, 3.8) is 0 Å². The van der Waals surface area contributed by atoms with Gasteiger partial charge in [0.05, 0.1) is 17.3 Å². The topological polar surface area (TPSA) is 66.9 Å². The fourth-order valence-electron chi connectivity index (χ4n) is 3.92. The molecule has 2 aliphatic heterocycles. The second-order valence-corrected chi connectivity index (χ2v) is 9.65. The zero-order valence-corrected chi connectivity index (χ0v) is 20.1. The maximum absolute atomic E-state index is 12.5. The molecule has 1 N–H and O–H groups in total. The molecule has 1 fully saturated rings. The molecule has 0 atom stereocenters. The number of fused-ring (bicyclic) bond motifs is 1. The Labute approximate surface area is 205 Å². The van der Waals surface area contributed by atoms with E-state index in [1.165, 1.54) is 16.9 Å². The number of benzene rings is 2. The van der Waals surface area contributed by atoms with Crippen molar-refractivity contribution in [2.45, 2.75) is 6.54 Å². The molecule has 1 aromatic heterocycles. The molecule has 7 nitrogen and oxygen atoms in total. The first-order valence-corrected chi connectivity index (χ1v) is 12.2. The van der Waals surface area contributed by atoms with E-state index in [-0.39, 0.29) is 12.7 Å². The Hall–Kier alpha value is -2.36. The van der Waals surface area contributed by atoms with Crippen LogP contribution in [0.1, 0.15) is 5.56 Å². The van der Waals surface area contributed by atoms with E-state index in [2.05, 4.69) is 26.2 Å². The quantitative estimate of drug-likeness (QED) is 0.528. The van der Waals surface area contributed by atoms with Crippen molar-refractivity contribution in [2.24, 2.45) is 0 Å². The zero-order valence-electron chi connectivity index (χ0n) is 17.7. The van der Waals surface area contributed by atoms with Gasteiger partial charge >= 0.3 is 0 Å². The maximum atomic E-state index is 12.5. The van der Waals surface area contributed by atoms with Gasteiger partial charge in [0.2, 0.25) is 12.7 Å². The number of carbonyl (C=O) groups is 1.